The number of amides is 1. The molecule has 1 aromatic rings. The number of carbonyl (C=O) groups excluding carboxylic acids is 4. The molecule has 3 aliphatic rings. The minimum absolute atomic E-state index is 0.00512. The Hall–Kier alpha value is -3.56. The Balaban J connectivity index is 1.95. The van der Waals surface area contributed by atoms with Gasteiger partial charge in [0.1, 0.15) is 23.6 Å². The molecule has 0 spiro atoms. The molecule has 37 heavy (non-hydrogen) atoms. The summed E-state index contributed by atoms with van der Waals surface area (Å²) in [6.45, 7) is 6.42. The van der Waals surface area contributed by atoms with Crippen LogP contribution in [0.4, 0.5) is 0 Å². The summed E-state index contributed by atoms with van der Waals surface area (Å²) >= 11 is 0. The number of Topliss-reactive ketones (excluding diaryl/α,β-unsaturated/α-hetero) is 1. The van der Waals surface area contributed by atoms with Gasteiger partial charge in [0.2, 0.25) is 5.91 Å². The molecule has 1 aliphatic carbocycles. The number of benzene rings is 1. The SMILES string of the molecule is CC[C@@H]1/C=C\[C@H](O)[C@H](C)OC(=O)/C(C)=C\[C@@H]2C(=O)NC3=CC(=O)c4c(cc(C)c(O)c4C(=O)CC1)[C@@]32O. The maximum Gasteiger partial charge on any atom is 0.333 e. The van der Waals surface area contributed by atoms with Crippen LogP contribution in [0.5, 0.6) is 5.75 Å². The lowest BCUT2D eigenvalue weighted by Crippen LogP contribution is -2.39. The largest absolute Gasteiger partial charge is 0.507 e. The van der Waals surface area contributed by atoms with E-state index in [9.17, 15) is 34.5 Å². The van der Waals surface area contributed by atoms with Crippen molar-refractivity contribution in [1.29, 1.82) is 0 Å². The van der Waals surface area contributed by atoms with E-state index in [1.54, 1.807) is 13.0 Å². The van der Waals surface area contributed by atoms with Crippen LogP contribution in [0.25, 0.3) is 0 Å². The minimum Gasteiger partial charge on any atom is -0.507 e. The van der Waals surface area contributed by atoms with Gasteiger partial charge in [-0.15, -0.1) is 0 Å². The van der Waals surface area contributed by atoms with Crippen LogP contribution < -0.4 is 5.32 Å². The van der Waals surface area contributed by atoms with E-state index in [0.717, 1.165) is 6.08 Å². The first-order valence-electron chi connectivity index (χ1n) is 12.4. The van der Waals surface area contributed by atoms with Crippen LogP contribution in [0.15, 0.2) is 41.6 Å². The van der Waals surface area contributed by atoms with Gasteiger partial charge in [0.05, 0.1) is 17.2 Å². The number of aliphatic hydroxyl groups is 2. The molecule has 1 amide bonds. The maximum atomic E-state index is 13.4. The van der Waals surface area contributed by atoms with Crippen molar-refractivity contribution in [2.75, 3.05) is 0 Å². The van der Waals surface area contributed by atoms with E-state index in [1.165, 1.54) is 32.1 Å². The normalized spacial score (nSPS) is 32.6. The smallest absolute Gasteiger partial charge is 0.333 e. The summed E-state index contributed by atoms with van der Waals surface area (Å²) in [7, 11) is 0. The molecule has 0 radical (unpaired) electrons. The molecule has 1 saturated heterocycles. The highest BCUT2D eigenvalue weighted by molar-refractivity contribution is 6.17. The van der Waals surface area contributed by atoms with E-state index in [2.05, 4.69) is 5.32 Å². The molecule has 1 aromatic carbocycles. The maximum absolute atomic E-state index is 13.4. The fourth-order valence-corrected chi connectivity index (χ4v) is 5.11. The van der Waals surface area contributed by atoms with Crippen molar-refractivity contribution in [1.82, 2.24) is 5.32 Å². The summed E-state index contributed by atoms with van der Waals surface area (Å²) in [5, 5.41) is 35.8. The first-order chi connectivity index (χ1) is 17.4. The van der Waals surface area contributed by atoms with Crippen LogP contribution in [-0.2, 0) is 19.9 Å². The van der Waals surface area contributed by atoms with Gasteiger partial charge in [-0.05, 0) is 51.2 Å². The third-order valence-electron chi connectivity index (χ3n) is 7.46. The molecule has 9 heteroatoms. The summed E-state index contributed by atoms with van der Waals surface area (Å²) in [4.78, 5) is 52.4. The number of ether oxygens (including phenoxy) is 1. The molecule has 2 heterocycles. The van der Waals surface area contributed by atoms with E-state index < -0.39 is 47.2 Å². The summed E-state index contributed by atoms with van der Waals surface area (Å²) in [6, 6.07) is 1.39. The number of hydrogen-bond donors (Lipinski definition) is 4. The van der Waals surface area contributed by atoms with Crippen LogP contribution >= 0.6 is 0 Å². The monoisotopic (exact) mass is 509 g/mol. The quantitative estimate of drug-likeness (QED) is 0.333. The molecule has 2 aliphatic heterocycles. The molecule has 9 nitrogen and oxygen atoms in total. The number of aliphatic hydroxyl groups excluding tert-OH is 1. The zero-order valence-electron chi connectivity index (χ0n) is 21.2. The van der Waals surface area contributed by atoms with Gasteiger partial charge in [-0.25, -0.2) is 4.79 Å². The zero-order valence-corrected chi connectivity index (χ0v) is 21.2. The number of nitrogens with one attached hydrogen (secondary N) is 1. The average molecular weight is 510 g/mol. The van der Waals surface area contributed by atoms with Gasteiger partial charge in [-0.3, -0.25) is 14.4 Å². The lowest BCUT2D eigenvalue weighted by molar-refractivity contribution is -0.147. The number of cyclic esters (lactones) is 1. The predicted molar refractivity (Wildman–Crippen MR) is 133 cm³/mol. The standard InChI is InChI=1S/C28H31NO8/c1-5-16-6-8-19(30)15(4)37-27(35)14(3)11-18-26(34)29-22-12-21(32)23-17(28(18,22)36)10-13(2)25(33)24(23)20(31)9-7-16/h6,8,10-12,15-16,18-19,30,33,36H,5,7,9H2,1-4H3,(H,29,34)/b8-6-,14-11-/t15-,16+,18+,19-,28-/m0/s1. The predicted octanol–water partition coefficient (Wildman–Crippen LogP) is 2.51. The van der Waals surface area contributed by atoms with E-state index in [1.807, 2.05) is 6.92 Å². The molecular weight excluding hydrogens is 478 g/mol. The van der Waals surface area contributed by atoms with Crippen LogP contribution in [0.1, 0.15) is 71.9 Å². The zero-order chi connectivity index (χ0) is 27.2. The van der Waals surface area contributed by atoms with Crippen molar-refractivity contribution in [2.24, 2.45) is 11.8 Å². The number of allylic oxidation sites excluding steroid dienone is 2. The average Bonchev–Trinajstić information content (AvgIpc) is 3.09. The van der Waals surface area contributed by atoms with Crippen molar-refractivity contribution >= 4 is 23.4 Å². The van der Waals surface area contributed by atoms with Crippen molar-refractivity contribution in [3.05, 3.63) is 63.9 Å². The van der Waals surface area contributed by atoms with E-state index in [-0.39, 0.29) is 51.6 Å². The Labute approximate surface area is 214 Å². The topological polar surface area (TPSA) is 150 Å². The fraction of sp³-hybridized carbons (Fsp3) is 0.429. The second kappa shape index (κ2) is 9.72. The van der Waals surface area contributed by atoms with Crippen LogP contribution in [0.3, 0.4) is 0 Å². The highest BCUT2D eigenvalue weighted by Crippen LogP contribution is 2.49. The molecular formula is C28H31NO8. The van der Waals surface area contributed by atoms with Gasteiger partial charge in [0.15, 0.2) is 11.6 Å². The molecule has 0 aromatic heterocycles. The molecule has 5 atom stereocenters. The van der Waals surface area contributed by atoms with Crippen LogP contribution in [0, 0.1) is 18.8 Å². The van der Waals surface area contributed by atoms with Crippen LogP contribution in [-0.4, -0.2) is 51.0 Å². The number of ketones is 2. The Morgan fingerprint density at radius 1 is 1.14 bits per heavy atom. The Morgan fingerprint density at radius 3 is 2.51 bits per heavy atom. The number of phenols is 1. The molecule has 4 N–H and O–H groups in total. The highest BCUT2D eigenvalue weighted by Gasteiger charge is 2.55. The first-order valence-corrected chi connectivity index (χ1v) is 12.4. The molecule has 0 unspecified atom stereocenters. The van der Waals surface area contributed by atoms with Gasteiger partial charge in [-0.2, -0.15) is 0 Å². The Bertz CT molecular complexity index is 1290. The van der Waals surface area contributed by atoms with Crippen molar-refractivity contribution < 1.29 is 39.2 Å². The summed E-state index contributed by atoms with van der Waals surface area (Å²) in [5.41, 5.74) is -2.23. The minimum atomic E-state index is -2.08. The number of aryl methyl sites for hydroxylation is 1. The van der Waals surface area contributed by atoms with Crippen molar-refractivity contribution in [2.45, 2.75) is 64.8 Å². The molecule has 1 fully saturated rings. The molecule has 196 valence electrons. The third kappa shape index (κ3) is 4.42. The fourth-order valence-electron chi connectivity index (χ4n) is 5.11. The molecule has 4 bridgehead atoms. The van der Waals surface area contributed by atoms with Crippen LogP contribution in [0.2, 0.25) is 0 Å². The van der Waals surface area contributed by atoms with E-state index in [4.69, 9.17) is 4.74 Å². The second-order valence-electron chi connectivity index (χ2n) is 9.96. The van der Waals surface area contributed by atoms with Gasteiger partial charge >= 0.3 is 5.97 Å². The number of aromatic hydroxyl groups is 1. The number of phenolic OH excluding ortho intramolecular Hbond substituents is 1. The molecule has 0 saturated carbocycles. The number of esters is 1. The van der Waals surface area contributed by atoms with Crippen molar-refractivity contribution in [3.63, 3.8) is 0 Å². The highest BCUT2D eigenvalue weighted by atomic mass is 16.6. The summed E-state index contributed by atoms with van der Waals surface area (Å²) in [5.74, 6) is -4.33. The van der Waals surface area contributed by atoms with E-state index >= 15 is 0 Å². The van der Waals surface area contributed by atoms with Gasteiger partial charge in [0.25, 0.3) is 0 Å². The van der Waals surface area contributed by atoms with Crippen molar-refractivity contribution in [3.8, 4) is 5.75 Å². The van der Waals surface area contributed by atoms with Gasteiger partial charge < -0.3 is 25.4 Å². The number of rotatable bonds is 1. The second-order valence-corrected chi connectivity index (χ2v) is 9.96. The first kappa shape index (κ1) is 26.5. The molecule has 4 rings (SSSR count). The van der Waals surface area contributed by atoms with Gasteiger partial charge in [-0.1, -0.05) is 25.2 Å². The summed E-state index contributed by atoms with van der Waals surface area (Å²) < 4.78 is 5.39. The third-order valence-corrected chi connectivity index (χ3v) is 7.46. The Morgan fingerprint density at radius 2 is 1.84 bits per heavy atom. The summed E-state index contributed by atoms with van der Waals surface area (Å²) in [6.07, 6.45) is 4.60. The van der Waals surface area contributed by atoms with E-state index in [0.29, 0.717) is 12.8 Å². The van der Waals surface area contributed by atoms with Gasteiger partial charge in [0, 0.05) is 29.2 Å². The Kier molecular flexibility index (Phi) is 6.96. The number of hydrogen-bond acceptors (Lipinski definition) is 8. The lowest BCUT2D eigenvalue weighted by atomic mass is 9.72. The lowest BCUT2D eigenvalue weighted by Gasteiger charge is -2.34. The number of carbonyl (C=O) groups is 4.